The number of fused-ring (bicyclic) bond motifs is 3. The number of amides is 1. The van der Waals surface area contributed by atoms with Crippen molar-refractivity contribution in [2.45, 2.75) is 58.2 Å². The molecule has 1 aromatic carbocycles. The number of aromatic nitrogens is 3. The highest BCUT2D eigenvalue weighted by Gasteiger charge is 2.24. The molecule has 0 radical (unpaired) electrons. The van der Waals surface area contributed by atoms with E-state index in [1.807, 2.05) is 29.7 Å². The predicted octanol–water partition coefficient (Wildman–Crippen LogP) is 2.65. The van der Waals surface area contributed by atoms with E-state index in [0.717, 1.165) is 43.6 Å². The van der Waals surface area contributed by atoms with Gasteiger partial charge in [-0.3, -0.25) is 14.2 Å². The molecule has 6 nitrogen and oxygen atoms in total. The second-order valence-corrected chi connectivity index (χ2v) is 7.91. The minimum atomic E-state index is -0.0653. The lowest BCUT2D eigenvalue weighted by molar-refractivity contribution is -0.122. The van der Waals surface area contributed by atoms with E-state index in [-0.39, 0.29) is 24.1 Å². The molecule has 5 rings (SSSR count). The van der Waals surface area contributed by atoms with Crippen molar-refractivity contribution in [3.8, 4) is 0 Å². The molecule has 0 spiro atoms. The number of hydrogen-bond donors (Lipinski definition) is 1. The lowest BCUT2D eigenvalue weighted by Gasteiger charge is -2.18. The highest BCUT2D eigenvalue weighted by molar-refractivity contribution is 5.82. The second-order valence-electron chi connectivity index (χ2n) is 7.91. The van der Waals surface area contributed by atoms with Gasteiger partial charge in [0, 0.05) is 18.7 Å². The molecule has 2 aromatic heterocycles. The highest BCUT2D eigenvalue weighted by Crippen LogP contribution is 2.30. The van der Waals surface area contributed by atoms with E-state index < -0.39 is 0 Å². The first-order valence-corrected chi connectivity index (χ1v) is 10.1. The molecule has 3 heterocycles. The van der Waals surface area contributed by atoms with Crippen LogP contribution in [0.25, 0.3) is 11.0 Å². The predicted molar refractivity (Wildman–Crippen MR) is 107 cm³/mol. The minimum absolute atomic E-state index is 0.0215. The van der Waals surface area contributed by atoms with Crippen LogP contribution >= 0.6 is 0 Å². The maximum absolute atomic E-state index is 13.1. The molecule has 1 amide bonds. The van der Waals surface area contributed by atoms with Gasteiger partial charge in [-0.05, 0) is 49.8 Å². The van der Waals surface area contributed by atoms with Crippen LogP contribution in [0.4, 0.5) is 0 Å². The van der Waals surface area contributed by atoms with Crippen molar-refractivity contribution in [3.63, 3.8) is 0 Å². The van der Waals surface area contributed by atoms with Crippen LogP contribution in [0.1, 0.15) is 47.9 Å². The van der Waals surface area contributed by atoms with E-state index in [0.29, 0.717) is 17.6 Å². The maximum Gasteiger partial charge on any atom is 0.278 e. The molecule has 0 saturated carbocycles. The smallest absolute Gasteiger partial charge is 0.278 e. The first-order chi connectivity index (χ1) is 13.6. The normalized spacial score (nSPS) is 18.1. The largest absolute Gasteiger partial charge is 0.348 e. The zero-order valence-electron chi connectivity index (χ0n) is 16.1. The summed E-state index contributed by atoms with van der Waals surface area (Å²) >= 11 is 0. The van der Waals surface area contributed by atoms with Crippen LogP contribution < -0.4 is 10.9 Å². The van der Waals surface area contributed by atoms with Crippen LogP contribution in [0.2, 0.25) is 0 Å². The molecule has 28 heavy (non-hydrogen) atoms. The fraction of sp³-hybridized carbons (Fsp3) is 0.409. The Morgan fingerprint density at radius 2 is 2.11 bits per heavy atom. The average molecular weight is 376 g/mol. The van der Waals surface area contributed by atoms with Crippen molar-refractivity contribution in [2.75, 3.05) is 0 Å². The third-order valence-corrected chi connectivity index (χ3v) is 6.09. The van der Waals surface area contributed by atoms with Crippen LogP contribution in [0, 0.1) is 6.92 Å². The summed E-state index contributed by atoms with van der Waals surface area (Å²) in [4.78, 5) is 30.6. The van der Waals surface area contributed by atoms with Crippen LogP contribution in [-0.4, -0.2) is 20.0 Å². The summed E-state index contributed by atoms with van der Waals surface area (Å²) in [5.74, 6) is 0.803. The van der Waals surface area contributed by atoms with Gasteiger partial charge in [-0.1, -0.05) is 24.3 Å². The zero-order valence-corrected chi connectivity index (χ0v) is 16.1. The summed E-state index contributed by atoms with van der Waals surface area (Å²) < 4.78 is 3.61. The number of aryl methyl sites for hydroxylation is 3. The fourth-order valence-electron chi connectivity index (χ4n) is 4.68. The van der Waals surface area contributed by atoms with E-state index in [1.54, 1.807) is 4.57 Å². The van der Waals surface area contributed by atoms with Crippen LogP contribution in [0.3, 0.4) is 0 Å². The quantitative estimate of drug-likeness (QED) is 0.764. The van der Waals surface area contributed by atoms with E-state index >= 15 is 0 Å². The van der Waals surface area contributed by atoms with Gasteiger partial charge in [0.1, 0.15) is 17.9 Å². The third-order valence-electron chi connectivity index (χ3n) is 6.09. The SMILES string of the molecule is Cc1cc2nc3n(c(=O)c2n1CC(=O)NC1CCc2ccccc21)CCCC3. The standard InChI is InChI=1S/C22H24N4O2/c1-14-12-18-21(22(28)25-11-5-4-8-19(25)23-18)26(14)13-20(27)24-17-10-9-15-6-2-3-7-16(15)17/h2-3,6-7,12,17H,4-5,8-11,13H2,1H3,(H,24,27). The number of carbonyl (C=O) groups excluding carboxylic acids is 1. The Morgan fingerprint density at radius 3 is 3.00 bits per heavy atom. The summed E-state index contributed by atoms with van der Waals surface area (Å²) in [6, 6.07) is 10.2. The first kappa shape index (κ1) is 17.2. The molecule has 3 aromatic rings. The number of carbonyl (C=O) groups is 1. The lowest BCUT2D eigenvalue weighted by Crippen LogP contribution is -2.33. The van der Waals surface area contributed by atoms with Crippen LogP contribution in [0.15, 0.2) is 35.1 Å². The van der Waals surface area contributed by atoms with Crippen molar-refractivity contribution in [2.24, 2.45) is 0 Å². The van der Waals surface area contributed by atoms with Gasteiger partial charge >= 0.3 is 0 Å². The summed E-state index contributed by atoms with van der Waals surface area (Å²) in [7, 11) is 0. The van der Waals surface area contributed by atoms with Crippen molar-refractivity contribution < 1.29 is 4.79 Å². The minimum Gasteiger partial charge on any atom is -0.348 e. The number of benzene rings is 1. The molecule has 0 saturated heterocycles. The Balaban J connectivity index is 1.45. The molecule has 6 heteroatoms. The molecular weight excluding hydrogens is 352 g/mol. The van der Waals surface area contributed by atoms with E-state index in [9.17, 15) is 9.59 Å². The second kappa shape index (κ2) is 6.62. The van der Waals surface area contributed by atoms with Gasteiger partial charge in [0.25, 0.3) is 5.56 Å². The van der Waals surface area contributed by atoms with Crippen molar-refractivity contribution >= 4 is 16.9 Å². The Morgan fingerprint density at radius 1 is 1.25 bits per heavy atom. The molecule has 0 bridgehead atoms. The number of nitrogens with zero attached hydrogens (tertiary/aromatic N) is 3. The summed E-state index contributed by atoms with van der Waals surface area (Å²) in [6.45, 7) is 2.79. The van der Waals surface area contributed by atoms with Gasteiger partial charge in [-0.25, -0.2) is 4.98 Å². The molecule has 1 aliphatic heterocycles. The van der Waals surface area contributed by atoms with Crippen LogP contribution in [-0.2, 0) is 30.7 Å². The van der Waals surface area contributed by atoms with Gasteiger partial charge in [-0.2, -0.15) is 0 Å². The average Bonchev–Trinajstić information content (AvgIpc) is 3.23. The Kier molecular flexibility index (Phi) is 4.07. The molecule has 144 valence electrons. The summed E-state index contributed by atoms with van der Waals surface area (Å²) in [5, 5.41) is 3.16. The lowest BCUT2D eigenvalue weighted by atomic mass is 10.1. The Labute approximate surface area is 163 Å². The van der Waals surface area contributed by atoms with E-state index in [2.05, 4.69) is 17.4 Å². The zero-order chi connectivity index (χ0) is 19.3. The molecule has 1 aliphatic carbocycles. The molecule has 1 unspecified atom stereocenters. The van der Waals surface area contributed by atoms with Gasteiger partial charge < -0.3 is 9.88 Å². The molecular formula is C22H24N4O2. The number of nitrogens with one attached hydrogen (secondary N) is 1. The van der Waals surface area contributed by atoms with Gasteiger partial charge in [0.2, 0.25) is 5.91 Å². The maximum atomic E-state index is 13.1. The molecule has 1 atom stereocenters. The molecule has 1 N–H and O–H groups in total. The third kappa shape index (κ3) is 2.75. The van der Waals surface area contributed by atoms with Gasteiger partial charge in [0.05, 0.1) is 11.6 Å². The highest BCUT2D eigenvalue weighted by atomic mass is 16.2. The fourth-order valence-corrected chi connectivity index (χ4v) is 4.68. The Bertz CT molecular complexity index is 1140. The molecule has 2 aliphatic rings. The number of rotatable bonds is 3. The summed E-state index contributed by atoms with van der Waals surface area (Å²) in [6.07, 6.45) is 4.83. The van der Waals surface area contributed by atoms with Crippen molar-refractivity contribution in [1.82, 2.24) is 19.4 Å². The van der Waals surface area contributed by atoms with E-state index in [1.165, 1.54) is 11.1 Å². The van der Waals surface area contributed by atoms with Crippen molar-refractivity contribution in [1.29, 1.82) is 0 Å². The van der Waals surface area contributed by atoms with Gasteiger partial charge in [0.15, 0.2) is 0 Å². The topological polar surface area (TPSA) is 68.9 Å². The van der Waals surface area contributed by atoms with E-state index in [4.69, 9.17) is 4.98 Å². The number of hydrogen-bond acceptors (Lipinski definition) is 3. The van der Waals surface area contributed by atoms with Crippen LogP contribution in [0.5, 0.6) is 0 Å². The van der Waals surface area contributed by atoms with Gasteiger partial charge in [-0.15, -0.1) is 0 Å². The molecule has 0 fully saturated rings. The first-order valence-electron chi connectivity index (χ1n) is 10.1. The monoisotopic (exact) mass is 376 g/mol. The van der Waals surface area contributed by atoms with Crippen molar-refractivity contribution in [3.05, 3.63) is 63.3 Å². The Hall–Kier alpha value is -2.89. The summed E-state index contributed by atoms with van der Waals surface area (Å²) in [5.41, 5.74) is 4.64.